The molecule has 0 bridgehead atoms. The van der Waals surface area contributed by atoms with Gasteiger partial charge in [-0.05, 0) is 37.3 Å². The van der Waals surface area contributed by atoms with Crippen molar-refractivity contribution >= 4 is 17.0 Å². The van der Waals surface area contributed by atoms with Gasteiger partial charge in [0.1, 0.15) is 12.1 Å². The highest BCUT2D eigenvalue weighted by molar-refractivity contribution is 5.92. The molecule has 0 spiro atoms. The monoisotopic (exact) mass is 282 g/mol. The van der Waals surface area contributed by atoms with Gasteiger partial charge in [0, 0.05) is 0 Å². The molecular formula is C16H14N2O3. The molecule has 5 heteroatoms. The maximum atomic E-state index is 11.1. The van der Waals surface area contributed by atoms with Crippen molar-refractivity contribution < 1.29 is 14.6 Å². The topological polar surface area (TPSA) is 64.4 Å². The van der Waals surface area contributed by atoms with E-state index in [9.17, 15) is 4.79 Å². The predicted octanol–water partition coefficient (Wildman–Crippen LogP) is 3.12. The number of nitrogens with zero attached hydrogens (tertiary/aromatic N) is 2. The summed E-state index contributed by atoms with van der Waals surface area (Å²) in [4.78, 5) is 15.4. The van der Waals surface area contributed by atoms with Gasteiger partial charge < -0.3 is 9.84 Å². The number of aromatic nitrogens is 2. The first-order chi connectivity index (χ1) is 10.2. The van der Waals surface area contributed by atoms with Crippen molar-refractivity contribution in [3.63, 3.8) is 0 Å². The lowest BCUT2D eigenvalue weighted by Gasteiger charge is -2.11. The van der Waals surface area contributed by atoms with E-state index in [4.69, 9.17) is 9.84 Å². The number of hydrogen-bond acceptors (Lipinski definition) is 3. The molecule has 0 saturated heterocycles. The molecule has 0 aliphatic heterocycles. The Labute approximate surface area is 121 Å². The maximum absolute atomic E-state index is 11.1. The molecule has 3 aromatic rings. The number of imidazole rings is 1. The number of ether oxygens (including phenoxy) is 1. The first-order valence-corrected chi connectivity index (χ1v) is 6.63. The van der Waals surface area contributed by atoms with Crippen molar-refractivity contribution in [2.75, 3.05) is 6.61 Å². The van der Waals surface area contributed by atoms with Gasteiger partial charge in [-0.25, -0.2) is 9.78 Å². The molecule has 2 aromatic carbocycles. The van der Waals surface area contributed by atoms with E-state index in [2.05, 4.69) is 4.98 Å². The summed E-state index contributed by atoms with van der Waals surface area (Å²) in [6.07, 6.45) is 1.67. The molecule has 21 heavy (non-hydrogen) atoms. The normalized spacial score (nSPS) is 10.7. The number of fused-ring (bicyclic) bond motifs is 1. The molecule has 0 saturated carbocycles. The van der Waals surface area contributed by atoms with Gasteiger partial charge in [0.25, 0.3) is 0 Å². The first-order valence-electron chi connectivity index (χ1n) is 6.63. The number of carboxylic acid groups (broad SMARTS) is 1. The van der Waals surface area contributed by atoms with Gasteiger partial charge >= 0.3 is 5.97 Å². The van der Waals surface area contributed by atoms with Crippen LogP contribution in [-0.2, 0) is 0 Å². The third-order valence-corrected chi connectivity index (χ3v) is 3.22. The van der Waals surface area contributed by atoms with Crippen LogP contribution in [0, 0.1) is 0 Å². The van der Waals surface area contributed by atoms with Crippen LogP contribution < -0.4 is 4.74 Å². The van der Waals surface area contributed by atoms with Crippen LogP contribution in [0.3, 0.4) is 0 Å². The van der Waals surface area contributed by atoms with Crippen LogP contribution >= 0.6 is 0 Å². The van der Waals surface area contributed by atoms with Crippen molar-refractivity contribution in [1.29, 1.82) is 0 Å². The zero-order valence-electron chi connectivity index (χ0n) is 11.5. The summed E-state index contributed by atoms with van der Waals surface area (Å²) in [6.45, 7) is 2.48. The Morgan fingerprint density at radius 2 is 2.10 bits per heavy atom. The highest BCUT2D eigenvalue weighted by Crippen LogP contribution is 2.26. The van der Waals surface area contributed by atoms with Crippen molar-refractivity contribution in [1.82, 2.24) is 9.55 Å². The molecule has 0 aliphatic carbocycles. The maximum Gasteiger partial charge on any atom is 0.335 e. The molecular weight excluding hydrogens is 268 g/mol. The van der Waals surface area contributed by atoms with Crippen LogP contribution in [0.25, 0.3) is 16.7 Å². The molecule has 1 heterocycles. The Hall–Kier alpha value is -2.82. The van der Waals surface area contributed by atoms with E-state index in [1.165, 1.54) is 0 Å². The molecule has 0 fully saturated rings. The minimum atomic E-state index is -0.956. The second kappa shape index (κ2) is 5.28. The Balaban J connectivity index is 2.21. The Kier molecular flexibility index (Phi) is 3.31. The number of aromatic carboxylic acids is 1. The number of benzene rings is 2. The smallest absolute Gasteiger partial charge is 0.335 e. The Morgan fingerprint density at radius 3 is 2.86 bits per heavy atom. The molecule has 0 atom stereocenters. The van der Waals surface area contributed by atoms with Crippen molar-refractivity contribution in [3.05, 3.63) is 54.4 Å². The number of carbonyl (C=O) groups is 1. The lowest BCUT2D eigenvalue weighted by molar-refractivity contribution is 0.0697. The number of carboxylic acids is 1. The van der Waals surface area contributed by atoms with Gasteiger partial charge in [-0.1, -0.05) is 12.1 Å². The van der Waals surface area contributed by atoms with Gasteiger partial charge in [-0.2, -0.15) is 0 Å². The zero-order chi connectivity index (χ0) is 14.8. The summed E-state index contributed by atoms with van der Waals surface area (Å²) in [7, 11) is 0. The van der Waals surface area contributed by atoms with Crippen LogP contribution in [0.15, 0.2) is 48.8 Å². The summed E-state index contributed by atoms with van der Waals surface area (Å²) in [5, 5.41) is 9.13. The molecule has 5 nitrogen and oxygen atoms in total. The standard InChI is InChI=1S/C16H14N2O3/c1-2-21-15-6-4-3-5-13(15)18-10-17-12-8-7-11(16(19)20)9-14(12)18/h3-10H,2H2,1H3,(H,19,20). The molecule has 3 rings (SSSR count). The highest BCUT2D eigenvalue weighted by atomic mass is 16.5. The summed E-state index contributed by atoms with van der Waals surface area (Å²) in [5.74, 6) is -0.220. The molecule has 106 valence electrons. The molecule has 0 unspecified atom stereocenters. The molecule has 0 aliphatic rings. The predicted molar refractivity (Wildman–Crippen MR) is 79.2 cm³/mol. The van der Waals surface area contributed by atoms with Crippen LogP contribution in [-0.4, -0.2) is 27.2 Å². The lowest BCUT2D eigenvalue weighted by atomic mass is 10.2. The fourth-order valence-electron chi connectivity index (χ4n) is 2.27. The summed E-state index contributed by atoms with van der Waals surface area (Å²) in [5.41, 5.74) is 2.55. The molecule has 1 aromatic heterocycles. The fourth-order valence-corrected chi connectivity index (χ4v) is 2.27. The van der Waals surface area contributed by atoms with Crippen molar-refractivity contribution in [3.8, 4) is 11.4 Å². The Morgan fingerprint density at radius 1 is 1.29 bits per heavy atom. The van der Waals surface area contributed by atoms with Gasteiger partial charge in [0.05, 0.1) is 28.9 Å². The molecule has 0 amide bonds. The van der Waals surface area contributed by atoms with Gasteiger partial charge in [0.2, 0.25) is 0 Å². The fraction of sp³-hybridized carbons (Fsp3) is 0.125. The second-order valence-corrected chi connectivity index (χ2v) is 4.52. The number of para-hydroxylation sites is 2. The second-order valence-electron chi connectivity index (χ2n) is 4.52. The van der Waals surface area contributed by atoms with Crippen LogP contribution in [0.2, 0.25) is 0 Å². The largest absolute Gasteiger partial charge is 0.492 e. The SMILES string of the molecule is CCOc1ccccc1-n1cnc2ccc(C(=O)O)cc21. The Bertz CT molecular complexity index is 808. The van der Waals surface area contributed by atoms with Crippen LogP contribution in [0.5, 0.6) is 5.75 Å². The van der Waals surface area contributed by atoms with E-state index in [0.29, 0.717) is 6.61 Å². The average molecular weight is 282 g/mol. The van der Waals surface area contributed by atoms with Crippen LogP contribution in [0.1, 0.15) is 17.3 Å². The molecule has 0 radical (unpaired) electrons. The van der Waals surface area contributed by atoms with Gasteiger partial charge in [0.15, 0.2) is 0 Å². The van der Waals surface area contributed by atoms with E-state index >= 15 is 0 Å². The number of hydrogen-bond donors (Lipinski definition) is 1. The first kappa shape index (κ1) is 13.2. The van der Waals surface area contributed by atoms with Crippen molar-refractivity contribution in [2.45, 2.75) is 6.92 Å². The van der Waals surface area contributed by atoms with E-state index < -0.39 is 5.97 Å². The third kappa shape index (κ3) is 2.33. The minimum absolute atomic E-state index is 0.234. The van der Waals surface area contributed by atoms with Crippen molar-refractivity contribution in [2.24, 2.45) is 0 Å². The minimum Gasteiger partial charge on any atom is -0.492 e. The highest BCUT2D eigenvalue weighted by Gasteiger charge is 2.11. The van der Waals surface area contributed by atoms with E-state index in [0.717, 1.165) is 22.5 Å². The third-order valence-electron chi connectivity index (χ3n) is 3.22. The lowest BCUT2D eigenvalue weighted by Crippen LogP contribution is -2.00. The summed E-state index contributed by atoms with van der Waals surface area (Å²) in [6, 6.07) is 12.5. The molecule has 1 N–H and O–H groups in total. The zero-order valence-corrected chi connectivity index (χ0v) is 11.5. The number of rotatable bonds is 4. The summed E-state index contributed by atoms with van der Waals surface area (Å²) < 4.78 is 7.46. The average Bonchev–Trinajstić information content (AvgIpc) is 2.91. The quantitative estimate of drug-likeness (QED) is 0.798. The van der Waals surface area contributed by atoms with E-state index in [1.807, 2.05) is 35.8 Å². The van der Waals surface area contributed by atoms with Crippen LogP contribution in [0.4, 0.5) is 0 Å². The van der Waals surface area contributed by atoms with Gasteiger partial charge in [-0.3, -0.25) is 4.57 Å². The van der Waals surface area contributed by atoms with E-state index in [1.54, 1.807) is 24.5 Å². The van der Waals surface area contributed by atoms with Gasteiger partial charge in [-0.15, -0.1) is 0 Å². The summed E-state index contributed by atoms with van der Waals surface area (Å²) >= 11 is 0. The van der Waals surface area contributed by atoms with E-state index in [-0.39, 0.29) is 5.56 Å².